The van der Waals surface area contributed by atoms with Crippen LogP contribution in [0.1, 0.15) is 16.7 Å². The molecule has 1 aliphatic rings. The molecule has 0 N–H and O–H groups in total. The predicted octanol–water partition coefficient (Wildman–Crippen LogP) is 4.66. The summed E-state index contributed by atoms with van der Waals surface area (Å²) in [6.45, 7) is 0. The van der Waals surface area contributed by atoms with Crippen LogP contribution in [-0.4, -0.2) is 5.97 Å². The Bertz CT molecular complexity index is 857. The van der Waals surface area contributed by atoms with Gasteiger partial charge in [-0.3, -0.25) is 0 Å². The van der Waals surface area contributed by atoms with E-state index >= 15 is 0 Å². The van der Waals surface area contributed by atoms with Crippen molar-refractivity contribution in [1.82, 2.24) is 0 Å². The van der Waals surface area contributed by atoms with E-state index in [4.69, 9.17) is 4.74 Å². The van der Waals surface area contributed by atoms with Crippen LogP contribution >= 0.6 is 0 Å². The molecule has 0 amide bonds. The van der Waals surface area contributed by atoms with Gasteiger partial charge in [-0.05, 0) is 22.8 Å². The van der Waals surface area contributed by atoms with Crippen LogP contribution in [0.4, 0.5) is 0 Å². The third-order valence-electron chi connectivity index (χ3n) is 4.60. The van der Waals surface area contributed by atoms with Crippen molar-refractivity contribution in [3.8, 4) is 0 Å². The van der Waals surface area contributed by atoms with Crippen molar-refractivity contribution in [2.75, 3.05) is 0 Å². The first-order valence-corrected chi connectivity index (χ1v) is 8.38. The number of carbonyl (C=O) groups is 1. The molecule has 1 aliphatic heterocycles. The molecule has 0 unspecified atom stereocenters. The van der Waals surface area contributed by atoms with E-state index in [2.05, 4.69) is 0 Å². The Labute approximate surface area is 147 Å². The fourth-order valence-corrected chi connectivity index (χ4v) is 3.38. The summed E-state index contributed by atoms with van der Waals surface area (Å²) in [5, 5.41) is 0. The third kappa shape index (κ3) is 2.76. The number of allylic oxidation sites excluding steroid dienone is 1. The minimum atomic E-state index is -0.882. The first-order chi connectivity index (χ1) is 12.3. The monoisotopic (exact) mass is 326 g/mol. The van der Waals surface area contributed by atoms with E-state index in [0.29, 0.717) is 12.2 Å². The highest BCUT2D eigenvalue weighted by Gasteiger charge is 2.46. The summed E-state index contributed by atoms with van der Waals surface area (Å²) in [5.41, 5.74) is 2.09. The summed E-state index contributed by atoms with van der Waals surface area (Å²) >= 11 is 0. The Morgan fingerprint density at radius 3 is 1.68 bits per heavy atom. The lowest BCUT2D eigenvalue weighted by Crippen LogP contribution is -2.32. The highest BCUT2D eigenvalue weighted by atomic mass is 16.5. The van der Waals surface area contributed by atoms with Gasteiger partial charge in [0, 0.05) is 6.42 Å². The molecule has 122 valence electrons. The summed E-state index contributed by atoms with van der Waals surface area (Å²) in [7, 11) is 0. The number of benzene rings is 3. The van der Waals surface area contributed by atoms with E-state index in [1.807, 2.05) is 97.1 Å². The standard InChI is InChI=1S/C23H18O2/c24-22-23(19-12-6-2-7-13-19,20-14-8-3-9-15-20)17-21(25-22)16-18-10-4-1-5-11-18/h1-15,17H,16H2. The van der Waals surface area contributed by atoms with Gasteiger partial charge in [-0.25, -0.2) is 4.79 Å². The summed E-state index contributed by atoms with van der Waals surface area (Å²) < 4.78 is 5.71. The van der Waals surface area contributed by atoms with Crippen molar-refractivity contribution in [2.45, 2.75) is 11.8 Å². The molecule has 3 aromatic rings. The zero-order valence-corrected chi connectivity index (χ0v) is 13.8. The lowest BCUT2D eigenvalue weighted by atomic mass is 9.75. The summed E-state index contributed by atoms with van der Waals surface area (Å²) in [6.07, 6.45) is 2.58. The highest BCUT2D eigenvalue weighted by Crippen LogP contribution is 2.41. The van der Waals surface area contributed by atoms with Gasteiger partial charge in [0.05, 0.1) is 0 Å². The van der Waals surface area contributed by atoms with Gasteiger partial charge >= 0.3 is 5.97 Å². The lowest BCUT2D eigenvalue weighted by Gasteiger charge is -2.24. The molecule has 4 rings (SSSR count). The maximum atomic E-state index is 13.0. The van der Waals surface area contributed by atoms with E-state index in [0.717, 1.165) is 16.7 Å². The summed E-state index contributed by atoms with van der Waals surface area (Å²) in [4.78, 5) is 13.0. The molecule has 0 spiro atoms. The fourth-order valence-electron chi connectivity index (χ4n) is 3.38. The predicted molar refractivity (Wildman–Crippen MR) is 98.0 cm³/mol. The van der Waals surface area contributed by atoms with Crippen molar-refractivity contribution < 1.29 is 9.53 Å². The molecule has 0 bridgehead atoms. The fraction of sp³-hybridized carbons (Fsp3) is 0.0870. The van der Waals surface area contributed by atoms with Crippen molar-refractivity contribution in [2.24, 2.45) is 0 Å². The van der Waals surface area contributed by atoms with Crippen LogP contribution in [0.25, 0.3) is 0 Å². The molecular formula is C23H18O2. The number of hydrogen-bond donors (Lipinski definition) is 0. The Morgan fingerprint density at radius 1 is 0.680 bits per heavy atom. The van der Waals surface area contributed by atoms with Crippen LogP contribution < -0.4 is 0 Å². The summed E-state index contributed by atoms with van der Waals surface area (Å²) in [6, 6.07) is 29.7. The molecule has 25 heavy (non-hydrogen) atoms. The molecule has 0 fully saturated rings. The molecule has 0 saturated heterocycles. The first-order valence-electron chi connectivity index (χ1n) is 8.38. The van der Waals surface area contributed by atoms with Crippen molar-refractivity contribution >= 4 is 5.97 Å². The van der Waals surface area contributed by atoms with Crippen LogP contribution in [0.2, 0.25) is 0 Å². The van der Waals surface area contributed by atoms with Gasteiger partial charge in [0.1, 0.15) is 11.2 Å². The molecule has 0 radical (unpaired) electrons. The Hall–Kier alpha value is -3.13. The quantitative estimate of drug-likeness (QED) is 0.652. The minimum absolute atomic E-state index is 0.240. The Balaban J connectivity index is 1.82. The normalized spacial score (nSPS) is 15.5. The molecule has 3 aromatic carbocycles. The molecule has 2 heteroatoms. The van der Waals surface area contributed by atoms with Crippen molar-refractivity contribution in [3.63, 3.8) is 0 Å². The van der Waals surface area contributed by atoms with E-state index < -0.39 is 5.41 Å². The number of hydrogen-bond acceptors (Lipinski definition) is 2. The maximum Gasteiger partial charge on any atom is 0.330 e. The second-order valence-electron chi connectivity index (χ2n) is 6.20. The van der Waals surface area contributed by atoms with Gasteiger partial charge in [-0.2, -0.15) is 0 Å². The Kier molecular flexibility index (Phi) is 3.95. The van der Waals surface area contributed by atoms with E-state index in [9.17, 15) is 4.79 Å². The molecule has 0 aromatic heterocycles. The molecule has 1 heterocycles. The number of esters is 1. The number of carbonyl (C=O) groups excluding carboxylic acids is 1. The van der Waals surface area contributed by atoms with Crippen LogP contribution in [0.3, 0.4) is 0 Å². The molecular weight excluding hydrogens is 308 g/mol. The van der Waals surface area contributed by atoms with E-state index in [1.54, 1.807) is 0 Å². The average Bonchev–Trinajstić information content (AvgIpc) is 3.01. The van der Waals surface area contributed by atoms with Crippen LogP contribution in [0.15, 0.2) is 103 Å². The largest absolute Gasteiger partial charge is 0.430 e. The number of cyclic esters (lactones) is 1. The maximum absolute atomic E-state index is 13.0. The number of ether oxygens (including phenoxy) is 1. The van der Waals surface area contributed by atoms with Crippen molar-refractivity contribution in [3.05, 3.63) is 120 Å². The highest BCUT2D eigenvalue weighted by molar-refractivity contribution is 5.93. The summed E-state index contributed by atoms with van der Waals surface area (Å²) in [5.74, 6) is 0.458. The second kappa shape index (κ2) is 6.40. The minimum Gasteiger partial charge on any atom is -0.430 e. The zero-order valence-electron chi connectivity index (χ0n) is 13.8. The van der Waals surface area contributed by atoms with Gasteiger partial charge in [0.15, 0.2) is 0 Å². The van der Waals surface area contributed by atoms with E-state index in [1.165, 1.54) is 0 Å². The molecule has 0 aliphatic carbocycles. The SMILES string of the molecule is O=C1OC(Cc2ccccc2)=CC1(c1ccccc1)c1ccccc1. The van der Waals surface area contributed by atoms with Gasteiger partial charge in [-0.15, -0.1) is 0 Å². The second-order valence-corrected chi connectivity index (χ2v) is 6.20. The number of rotatable bonds is 4. The van der Waals surface area contributed by atoms with Gasteiger partial charge in [0.2, 0.25) is 0 Å². The Morgan fingerprint density at radius 2 is 1.16 bits per heavy atom. The van der Waals surface area contributed by atoms with Crippen LogP contribution in [0.5, 0.6) is 0 Å². The lowest BCUT2D eigenvalue weighted by molar-refractivity contribution is -0.140. The molecule has 0 saturated carbocycles. The third-order valence-corrected chi connectivity index (χ3v) is 4.60. The van der Waals surface area contributed by atoms with Gasteiger partial charge in [0.25, 0.3) is 0 Å². The first kappa shape index (κ1) is 15.4. The van der Waals surface area contributed by atoms with Gasteiger partial charge in [-0.1, -0.05) is 91.0 Å². The van der Waals surface area contributed by atoms with Crippen LogP contribution in [0, 0.1) is 0 Å². The molecule has 0 atom stereocenters. The van der Waals surface area contributed by atoms with Crippen molar-refractivity contribution in [1.29, 1.82) is 0 Å². The zero-order chi connectivity index (χ0) is 17.1. The van der Waals surface area contributed by atoms with Crippen LogP contribution in [-0.2, 0) is 21.4 Å². The average molecular weight is 326 g/mol. The smallest absolute Gasteiger partial charge is 0.330 e. The van der Waals surface area contributed by atoms with Gasteiger partial charge < -0.3 is 4.74 Å². The topological polar surface area (TPSA) is 26.3 Å². The van der Waals surface area contributed by atoms with E-state index in [-0.39, 0.29) is 5.97 Å². The molecule has 2 nitrogen and oxygen atoms in total.